The minimum atomic E-state index is 0.865. The first-order chi connectivity index (χ1) is 32.2. The summed E-state index contributed by atoms with van der Waals surface area (Å²) in [6.07, 6.45) is 4.18. The van der Waals surface area contributed by atoms with Crippen molar-refractivity contribution >= 4 is 110 Å². The molecule has 5 heterocycles. The van der Waals surface area contributed by atoms with Gasteiger partial charge in [0.1, 0.15) is 27.9 Å². The van der Waals surface area contributed by atoms with E-state index in [0.29, 0.717) is 0 Å². The maximum absolute atomic E-state index is 6.92. The third-order valence-corrected chi connectivity index (χ3v) is 14.1. The van der Waals surface area contributed by atoms with Gasteiger partial charge in [-0.15, -0.1) is 0 Å². The number of allylic oxidation sites excluding steroid dienone is 1. The van der Waals surface area contributed by atoms with E-state index in [9.17, 15) is 0 Å². The molecule has 15 rings (SSSR count). The number of para-hydroxylation sites is 7. The Morgan fingerprint density at radius 3 is 1.69 bits per heavy atom. The van der Waals surface area contributed by atoms with Crippen LogP contribution < -0.4 is 0 Å². The van der Waals surface area contributed by atoms with Gasteiger partial charge in [-0.2, -0.15) is 0 Å². The molecule has 0 spiro atoms. The Labute approximate surface area is 371 Å². The van der Waals surface area contributed by atoms with Crippen LogP contribution in [0.2, 0.25) is 0 Å². The molecule has 14 aromatic rings. The Balaban J connectivity index is 0.877. The highest BCUT2D eigenvalue weighted by atomic mass is 16.3. The molecule has 0 unspecified atom stereocenters. The number of fused-ring (bicyclic) bond motifs is 15. The van der Waals surface area contributed by atoms with E-state index in [2.05, 4.69) is 185 Å². The summed E-state index contributed by atoms with van der Waals surface area (Å²) in [5.41, 5.74) is 18.3. The number of rotatable bonds is 4. The second-order valence-electron chi connectivity index (χ2n) is 17.5. The second kappa shape index (κ2) is 13.0. The lowest BCUT2D eigenvalue weighted by atomic mass is 9.90. The molecule has 0 amide bonds. The first-order valence-corrected chi connectivity index (χ1v) is 22.4. The van der Waals surface area contributed by atoms with Gasteiger partial charge in [0.05, 0.1) is 22.2 Å². The summed E-state index contributed by atoms with van der Waals surface area (Å²) in [6, 6.07) is 67.2. The van der Waals surface area contributed by atoms with Crippen molar-refractivity contribution in [1.29, 1.82) is 0 Å². The lowest BCUT2D eigenvalue weighted by Gasteiger charge is -2.18. The van der Waals surface area contributed by atoms with E-state index < -0.39 is 0 Å². The lowest BCUT2D eigenvalue weighted by Crippen LogP contribution is -2.05. The van der Waals surface area contributed by atoms with E-state index in [1.807, 2.05) is 18.2 Å². The third-order valence-electron chi connectivity index (χ3n) is 14.1. The van der Waals surface area contributed by atoms with Gasteiger partial charge in [0.2, 0.25) is 0 Å². The average molecular weight is 833 g/mol. The van der Waals surface area contributed by atoms with E-state index >= 15 is 0 Å². The highest BCUT2D eigenvalue weighted by Gasteiger charge is 2.26. The van der Waals surface area contributed by atoms with Gasteiger partial charge in [0.25, 0.3) is 0 Å². The Hall–Kier alpha value is -8.54. The Morgan fingerprint density at radius 1 is 0.354 bits per heavy atom. The first kappa shape index (κ1) is 35.0. The van der Waals surface area contributed by atoms with Gasteiger partial charge in [-0.25, -0.2) is 0 Å². The lowest BCUT2D eigenvalue weighted by molar-refractivity contribution is 0.664. The SMILES string of the molecule is C1=C(c2cccc3c2oc2ccccc23)CCc2c1c1ccccc1n2-c1cccc2c1oc1ccc(-n3c4ccccc4c4cc(-c5cccc6c5oc5ccccc56)ccc43)cc12. The van der Waals surface area contributed by atoms with Crippen LogP contribution in [0, 0.1) is 0 Å². The maximum Gasteiger partial charge on any atom is 0.159 e. The summed E-state index contributed by atoms with van der Waals surface area (Å²) >= 11 is 0. The number of nitrogens with zero attached hydrogens (tertiary/aromatic N) is 2. The van der Waals surface area contributed by atoms with Crippen LogP contribution in [0.4, 0.5) is 0 Å². The molecule has 1 aliphatic rings. The molecular weight excluding hydrogens is 797 g/mol. The Morgan fingerprint density at radius 2 is 0.923 bits per heavy atom. The van der Waals surface area contributed by atoms with Crippen LogP contribution in [0.1, 0.15) is 23.2 Å². The molecule has 0 bridgehead atoms. The van der Waals surface area contributed by atoms with Crippen molar-refractivity contribution in [2.24, 2.45) is 0 Å². The van der Waals surface area contributed by atoms with Gasteiger partial charge in [0, 0.05) is 76.5 Å². The molecular formula is C60H36N2O3. The van der Waals surface area contributed by atoms with E-state index in [4.69, 9.17) is 13.3 Å². The molecule has 0 saturated carbocycles. The smallest absolute Gasteiger partial charge is 0.159 e. The predicted molar refractivity (Wildman–Crippen MR) is 268 cm³/mol. The van der Waals surface area contributed by atoms with Crippen molar-refractivity contribution < 1.29 is 13.3 Å². The highest BCUT2D eigenvalue weighted by Crippen LogP contribution is 2.45. The van der Waals surface area contributed by atoms with E-state index in [1.165, 1.54) is 44.1 Å². The minimum absolute atomic E-state index is 0.865. The van der Waals surface area contributed by atoms with Gasteiger partial charge in [-0.1, -0.05) is 127 Å². The van der Waals surface area contributed by atoms with Gasteiger partial charge < -0.3 is 22.4 Å². The summed E-state index contributed by atoms with van der Waals surface area (Å²) in [5, 5.41) is 10.4. The monoisotopic (exact) mass is 832 g/mol. The summed E-state index contributed by atoms with van der Waals surface area (Å²) in [6.45, 7) is 0. The molecule has 5 nitrogen and oxygen atoms in total. The quantitative estimate of drug-likeness (QED) is 0.177. The molecule has 0 N–H and O–H groups in total. The summed E-state index contributed by atoms with van der Waals surface area (Å²) in [7, 11) is 0. The summed E-state index contributed by atoms with van der Waals surface area (Å²) < 4.78 is 24.8. The van der Waals surface area contributed by atoms with Crippen LogP contribution in [0.3, 0.4) is 0 Å². The number of aromatic nitrogens is 2. The average Bonchev–Trinajstić information content (AvgIpc) is 4.18. The molecule has 9 aromatic carbocycles. The Kier molecular flexibility index (Phi) is 7.00. The molecule has 0 aliphatic heterocycles. The van der Waals surface area contributed by atoms with Crippen molar-refractivity contribution in [1.82, 2.24) is 9.13 Å². The van der Waals surface area contributed by atoms with Crippen molar-refractivity contribution in [3.8, 4) is 22.5 Å². The first-order valence-electron chi connectivity index (χ1n) is 22.4. The zero-order valence-electron chi connectivity index (χ0n) is 35.0. The topological polar surface area (TPSA) is 49.3 Å². The molecule has 304 valence electrons. The van der Waals surface area contributed by atoms with Gasteiger partial charge >= 0.3 is 0 Å². The van der Waals surface area contributed by atoms with Crippen LogP contribution >= 0.6 is 0 Å². The second-order valence-corrected chi connectivity index (χ2v) is 17.5. The predicted octanol–water partition coefficient (Wildman–Crippen LogP) is 16.6. The fourth-order valence-electron chi connectivity index (χ4n) is 11.2. The number of hydrogen-bond donors (Lipinski definition) is 0. The number of furan rings is 3. The molecule has 5 aromatic heterocycles. The van der Waals surface area contributed by atoms with Gasteiger partial charge in [-0.05, 0) is 90.7 Å². The molecule has 0 saturated heterocycles. The molecule has 0 fully saturated rings. The largest absolute Gasteiger partial charge is 0.455 e. The summed E-state index contributed by atoms with van der Waals surface area (Å²) in [5.74, 6) is 0. The van der Waals surface area contributed by atoms with Crippen LogP contribution in [-0.4, -0.2) is 9.13 Å². The van der Waals surface area contributed by atoms with Crippen LogP contribution in [-0.2, 0) is 6.42 Å². The molecule has 1 aliphatic carbocycles. The third kappa shape index (κ3) is 4.87. The van der Waals surface area contributed by atoms with Crippen LogP contribution in [0.5, 0.6) is 0 Å². The zero-order chi connectivity index (χ0) is 42.3. The molecule has 0 radical (unpaired) electrons. The van der Waals surface area contributed by atoms with E-state index in [-0.39, 0.29) is 0 Å². The van der Waals surface area contributed by atoms with Crippen LogP contribution in [0.15, 0.2) is 201 Å². The fraction of sp³-hybridized carbons (Fsp3) is 0.0333. The normalized spacial score (nSPS) is 13.2. The zero-order valence-corrected chi connectivity index (χ0v) is 35.0. The van der Waals surface area contributed by atoms with Gasteiger partial charge in [-0.3, -0.25) is 0 Å². The van der Waals surface area contributed by atoms with Crippen molar-refractivity contribution in [2.45, 2.75) is 12.8 Å². The highest BCUT2D eigenvalue weighted by molar-refractivity contribution is 6.15. The maximum atomic E-state index is 6.92. The van der Waals surface area contributed by atoms with Crippen molar-refractivity contribution in [3.63, 3.8) is 0 Å². The van der Waals surface area contributed by atoms with Crippen LogP contribution in [0.25, 0.3) is 133 Å². The van der Waals surface area contributed by atoms with E-state index in [0.717, 1.165) is 112 Å². The van der Waals surface area contributed by atoms with Crippen molar-refractivity contribution in [2.75, 3.05) is 0 Å². The van der Waals surface area contributed by atoms with Gasteiger partial charge in [0.15, 0.2) is 5.58 Å². The standard InChI is InChI=1S/C60H36N2O3/c1-5-21-50-40(12-1)47-32-35(38-16-9-18-44-42-14-3-7-24-55(42)63-58(38)44)26-29-52(47)61(50)37-28-31-57-49(34-37)46-20-11-23-54(60(46)65-57)62-51-22-6-2-13-41(51)48-33-36(27-30-53(48)62)39-17-10-19-45-43-15-4-8-25-56(43)64-59(39)45/h1-26,28-29,31-34H,27,30H2. The van der Waals surface area contributed by atoms with Crippen molar-refractivity contribution in [3.05, 3.63) is 205 Å². The van der Waals surface area contributed by atoms with E-state index in [1.54, 1.807) is 0 Å². The Bertz CT molecular complexity index is 4370. The minimum Gasteiger partial charge on any atom is -0.455 e. The number of hydrogen-bond acceptors (Lipinski definition) is 3. The summed E-state index contributed by atoms with van der Waals surface area (Å²) in [4.78, 5) is 0. The molecule has 65 heavy (non-hydrogen) atoms. The fourth-order valence-corrected chi connectivity index (χ4v) is 11.2. The molecule has 5 heteroatoms. The molecule has 0 atom stereocenters. The number of benzene rings is 9.